The number of anilines is 1. The van der Waals surface area contributed by atoms with E-state index < -0.39 is 10.0 Å². The van der Waals surface area contributed by atoms with Crippen LogP contribution >= 0.6 is 0 Å². The maximum absolute atomic E-state index is 12.6. The molecule has 0 radical (unpaired) electrons. The summed E-state index contributed by atoms with van der Waals surface area (Å²) < 4.78 is 26.6. The summed E-state index contributed by atoms with van der Waals surface area (Å²) in [6.07, 6.45) is 0.876. The molecule has 5 nitrogen and oxygen atoms in total. The molecular formula is C19H24N2O3S. The summed E-state index contributed by atoms with van der Waals surface area (Å²) in [4.78, 5) is 12.6. The van der Waals surface area contributed by atoms with Crippen LogP contribution in [0.1, 0.15) is 36.7 Å². The van der Waals surface area contributed by atoms with Gasteiger partial charge in [-0.3, -0.25) is 4.79 Å². The van der Waals surface area contributed by atoms with Crippen molar-refractivity contribution in [2.24, 2.45) is 0 Å². The molecule has 0 aliphatic rings. The highest BCUT2D eigenvalue weighted by Crippen LogP contribution is 2.18. The van der Waals surface area contributed by atoms with Crippen LogP contribution in [0.2, 0.25) is 0 Å². The molecule has 1 N–H and O–H groups in total. The fourth-order valence-electron chi connectivity index (χ4n) is 2.58. The van der Waals surface area contributed by atoms with Gasteiger partial charge in [0, 0.05) is 24.3 Å². The average Bonchev–Trinajstić information content (AvgIpc) is 2.62. The summed E-state index contributed by atoms with van der Waals surface area (Å²) in [5.41, 5.74) is 2.13. The van der Waals surface area contributed by atoms with Crippen molar-refractivity contribution in [3.8, 4) is 0 Å². The number of rotatable bonds is 7. The van der Waals surface area contributed by atoms with Crippen molar-refractivity contribution >= 4 is 21.6 Å². The molecule has 2 rings (SSSR count). The molecule has 0 aliphatic heterocycles. The summed E-state index contributed by atoms with van der Waals surface area (Å²) in [6, 6.07) is 13.7. The summed E-state index contributed by atoms with van der Waals surface area (Å²) in [5, 5.41) is 2.82. The Morgan fingerprint density at radius 1 is 1.00 bits per heavy atom. The Morgan fingerprint density at radius 2 is 1.68 bits per heavy atom. The first-order valence-electron chi connectivity index (χ1n) is 8.42. The maximum Gasteiger partial charge on any atom is 0.255 e. The van der Waals surface area contributed by atoms with Crippen LogP contribution < -0.4 is 5.32 Å². The van der Waals surface area contributed by atoms with Crippen molar-refractivity contribution in [3.63, 3.8) is 0 Å². The van der Waals surface area contributed by atoms with E-state index in [1.54, 1.807) is 26.0 Å². The zero-order valence-electron chi connectivity index (χ0n) is 14.8. The van der Waals surface area contributed by atoms with Crippen LogP contribution in [-0.2, 0) is 16.4 Å². The van der Waals surface area contributed by atoms with Gasteiger partial charge in [0.1, 0.15) is 0 Å². The molecule has 0 unspecified atom stereocenters. The molecule has 6 heteroatoms. The number of hydrogen-bond acceptors (Lipinski definition) is 3. The van der Waals surface area contributed by atoms with E-state index in [9.17, 15) is 13.2 Å². The topological polar surface area (TPSA) is 66.5 Å². The third-order valence-corrected chi connectivity index (χ3v) is 6.08. The van der Waals surface area contributed by atoms with E-state index in [0.717, 1.165) is 12.0 Å². The predicted molar refractivity (Wildman–Crippen MR) is 100 cm³/mol. The highest BCUT2D eigenvalue weighted by Gasteiger charge is 2.22. The van der Waals surface area contributed by atoms with Crippen molar-refractivity contribution < 1.29 is 13.2 Å². The molecule has 134 valence electrons. The monoisotopic (exact) mass is 360 g/mol. The molecule has 0 bridgehead atoms. The molecule has 0 spiro atoms. The lowest BCUT2D eigenvalue weighted by Gasteiger charge is -2.18. The van der Waals surface area contributed by atoms with Gasteiger partial charge >= 0.3 is 0 Å². The number of amides is 1. The quantitative estimate of drug-likeness (QED) is 0.821. The van der Waals surface area contributed by atoms with E-state index in [-0.39, 0.29) is 10.8 Å². The van der Waals surface area contributed by atoms with E-state index in [2.05, 4.69) is 5.32 Å². The van der Waals surface area contributed by atoms with Crippen LogP contribution in [0.15, 0.2) is 53.4 Å². The van der Waals surface area contributed by atoms with Gasteiger partial charge in [-0.25, -0.2) is 8.42 Å². The predicted octanol–water partition coefficient (Wildman–Crippen LogP) is 3.53. The Bertz CT molecular complexity index is 843. The standard InChI is InChI=1S/C19H24N2O3S/c1-4-15-9-7-11-17(13-15)20-19(22)16-10-8-12-18(14-16)25(23,24)21(5-2)6-3/h7-14H,4-6H2,1-3H3,(H,20,22). The SMILES string of the molecule is CCc1cccc(NC(=O)c2cccc(S(=O)(=O)N(CC)CC)c2)c1. The zero-order chi connectivity index (χ0) is 18.4. The number of aryl methyl sites for hydroxylation is 1. The molecule has 0 heterocycles. The molecule has 0 fully saturated rings. The lowest BCUT2D eigenvalue weighted by molar-refractivity contribution is 0.102. The molecule has 0 aliphatic carbocycles. The molecule has 1 amide bonds. The van der Waals surface area contributed by atoms with Crippen LogP contribution in [-0.4, -0.2) is 31.7 Å². The normalized spacial score (nSPS) is 11.5. The largest absolute Gasteiger partial charge is 0.322 e. The fourth-order valence-corrected chi connectivity index (χ4v) is 4.09. The fraction of sp³-hybridized carbons (Fsp3) is 0.316. The Balaban J connectivity index is 2.27. The molecule has 2 aromatic carbocycles. The second-order valence-electron chi connectivity index (χ2n) is 5.63. The maximum atomic E-state index is 12.6. The van der Waals surface area contributed by atoms with Gasteiger partial charge in [-0.2, -0.15) is 4.31 Å². The Hall–Kier alpha value is -2.18. The first-order chi connectivity index (χ1) is 11.9. The van der Waals surface area contributed by atoms with Crippen LogP contribution in [0.5, 0.6) is 0 Å². The van der Waals surface area contributed by atoms with Crippen LogP contribution in [0.3, 0.4) is 0 Å². The van der Waals surface area contributed by atoms with Gasteiger partial charge in [0.05, 0.1) is 4.90 Å². The highest BCUT2D eigenvalue weighted by atomic mass is 32.2. The molecule has 0 aromatic heterocycles. The minimum atomic E-state index is -3.59. The van der Waals surface area contributed by atoms with Crippen LogP contribution in [0, 0.1) is 0 Å². The molecule has 25 heavy (non-hydrogen) atoms. The number of carbonyl (C=O) groups is 1. The number of nitrogens with one attached hydrogen (secondary N) is 1. The third kappa shape index (κ3) is 4.46. The number of hydrogen-bond donors (Lipinski definition) is 1. The van der Waals surface area contributed by atoms with Gasteiger partial charge in [0.2, 0.25) is 10.0 Å². The minimum Gasteiger partial charge on any atom is -0.322 e. The molecule has 2 aromatic rings. The van der Waals surface area contributed by atoms with E-state index in [1.807, 2.05) is 31.2 Å². The summed E-state index contributed by atoms with van der Waals surface area (Å²) >= 11 is 0. The van der Waals surface area contributed by atoms with E-state index >= 15 is 0 Å². The molecule has 0 saturated heterocycles. The highest BCUT2D eigenvalue weighted by molar-refractivity contribution is 7.89. The Labute approximate surface area is 149 Å². The third-order valence-electron chi connectivity index (χ3n) is 4.03. The second-order valence-corrected chi connectivity index (χ2v) is 7.56. The van der Waals surface area contributed by atoms with Gasteiger partial charge < -0.3 is 5.32 Å². The van der Waals surface area contributed by atoms with Crippen molar-refractivity contribution in [2.75, 3.05) is 18.4 Å². The van der Waals surface area contributed by atoms with E-state index in [0.29, 0.717) is 24.3 Å². The number of sulfonamides is 1. The second kappa shape index (κ2) is 8.27. The lowest BCUT2D eigenvalue weighted by Crippen LogP contribution is -2.30. The van der Waals surface area contributed by atoms with Crippen molar-refractivity contribution in [2.45, 2.75) is 32.1 Å². The Morgan fingerprint density at radius 3 is 2.32 bits per heavy atom. The number of carbonyl (C=O) groups excluding carboxylic acids is 1. The Kier molecular flexibility index (Phi) is 6.33. The zero-order valence-corrected chi connectivity index (χ0v) is 15.6. The van der Waals surface area contributed by atoms with Gasteiger partial charge in [-0.15, -0.1) is 0 Å². The number of benzene rings is 2. The van der Waals surface area contributed by atoms with Gasteiger partial charge in [-0.05, 0) is 42.3 Å². The van der Waals surface area contributed by atoms with Crippen molar-refractivity contribution in [1.82, 2.24) is 4.31 Å². The summed E-state index contributed by atoms with van der Waals surface area (Å²) in [5.74, 6) is -0.329. The van der Waals surface area contributed by atoms with Gasteiger partial charge in [-0.1, -0.05) is 39.0 Å². The van der Waals surface area contributed by atoms with Crippen LogP contribution in [0.4, 0.5) is 5.69 Å². The van der Waals surface area contributed by atoms with Crippen LogP contribution in [0.25, 0.3) is 0 Å². The van der Waals surface area contributed by atoms with Gasteiger partial charge in [0.25, 0.3) is 5.91 Å². The minimum absolute atomic E-state index is 0.131. The first-order valence-corrected chi connectivity index (χ1v) is 9.86. The molecule has 0 atom stereocenters. The molecule has 0 saturated carbocycles. The van der Waals surface area contributed by atoms with E-state index in [1.165, 1.54) is 16.4 Å². The first kappa shape index (κ1) is 19.1. The van der Waals surface area contributed by atoms with Crippen molar-refractivity contribution in [3.05, 3.63) is 59.7 Å². The molecular weight excluding hydrogens is 336 g/mol. The van der Waals surface area contributed by atoms with Crippen molar-refractivity contribution in [1.29, 1.82) is 0 Å². The lowest BCUT2D eigenvalue weighted by atomic mass is 10.1. The van der Waals surface area contributed by atoms with E-state index in [4.69, 9.17) is 0 Å². The summed E-state index contributed by atoms with van der Waals surface area (Å²) in [6.45, 7) is 6.40. The smallest absolute Gasteiger partial charge is 0.255 e. The summed E-state index contributed by atoms with van der Waals surface area (Å²) in [7, 11) is -3.59. The van der Waals surface area contributed by atoms with Gasteiger partial charge in [0.15, 0.2) is 0 Å². The number of nitrogens with zero attached hydrogens (tertiary/aromatic N) is 1. The average molecular weight is 360 g/mol.